The Hall–Kier alpha value is -3.07. The van der Waals surface area contributed by atoms with Gasteiger partial charge in [0.05, 0.1) is 5.69 Å². The van der Waals surface area contributed by atoms with Gasteiger partial charge in [-0.1, -0.05) is 0 Å². The summed E-state index contributed by atoms with van der Waals surface area (Å²) in [6.07, 6.45) is 0.653. The van der Waals surface area contributed by atoms with E-state index in [1.54, 1.807) is 12.1 Å². The summed E-state index contributed by atoms with van der Waals surface area (Å²) in [6, 6.07) is 9.11. The van der Waals surface area contributed by atoms with Gasteiger partial charge in [-0.05, 0) is 49.4 Å². The Morgan fingerprint density at radius 1 is 0.867 bits per heavy atom. The lowest BCUT2D eigenvalue weighted by atomic mass is 10.2. The number of carbonyl (C=O) groups is 2. The van der Waals surface area contributed by atoms with Crippen LogP contribution in [0, 0.1) is 17.5 Å². The lowest BCUT2D eigenvalue weighted by Gasteiger charge is -2.36. The standard InChI is InChI=1S/C21H23F3N4O2/c22-15-2-5-17(6-3-15)28-12-10-27(11-13-28)9-1-8-25-20(29)21(30)26-19-7-4-16(23)14-18(19)24/h2-7,14H,1,8-13H2,(H,25,29)(H,26,30). The molecule has 0 saturated carbocycles. The number of hydrogen-bond donors (Lipinski definition) is 2. The molecule has 1 fully saturated rings. The second kappa shape index (κ2) is 10.1. The van der Waals surface area contributed by atoms with Crippen molar-refractivity contribution in [1.82, 2.24) is 10.2 Å². The molecular weight excluding hydrogens is 397 g/mol. The van der Waals surface area contributed by atoms with Gasteiger partial charge in [0.15, 0.2) is 0 Å². The molecule has 0 unspecified atom stereocenters. The quantitative estimate of drug-likeness (QED) is 0.556. The molecule has 9 heteroatoms. The monoisotopic (exact) mass is 420 g/mol. The average molecular weight is 420 g/mol. The van der Waals surface area contributed by atoms with Crippen molar-refractivity contribution in [2.45, 2.75) is 6.42 Å². The number of rotatable bonds is 6. The number of carbonyl (C=O) groups excluding carboxylic acids is 2. The second-order valence-corrected chi connectivity index (χ2v) is 6.99. The summed E-state index contributed by atoms with van der Waals surface area (Å²) in [6.45, 7) is 4.39. The van der Waals surface area contributed by atoms with Gasteiger partial charge in [-0.3, -0.25) is 14.5 Å². The van der Waals surface area contributed by atoms with Gasteiger partial charge >= 0.3 is 11.8 Å². The molecule has 0 spiro atoms. The number of halogens is 3. The molecule has 6 nitrogen and oxygen atoms in total. The van der Waals surface area contributed by atoms with Crippen LogP contribution in [0.3, 0.4) is 0 Å². The van der Waals surface area contributed by atoms with Crippen molar-refractivity contribution in [2.75, 3.05) is 49.5 Å². The van der Waals surface area contributed by atoms with E-state index in [9.17, 15) is 22.8 Å². The molecule has 0 aromatic heterocycles. The molecule has 2 amide bonds. The average Bonchev–Trinajstić information content (AvgIpc) is 2.74. The third kappa shape index (κ3) is 5.96. The highest BCUT2D eigenvalue weighted by Gasteiger charge is 2.18. The zero-order valence-electron chi connectivity index (χ0n) is 16.3. The Morgan fingerprint density at radius 2 is 1.53 bits per heavy atom. The van der Waals surface area contributed by atoms with Gasteiger partial charge in [0.1, 0.15) is 17.5 Å². The highest BCUT2D eigenvalue weighted by molar-refractivity contribution is 6.39. The van der Waals surface area contributed by atoms with Crippen molar-refractivity contribution in [1.29, 1.82) is 0 Å². The third-order valence-electron chi connectivity index (χ3n) is 4.89. The first-order chi connectivity index (χ1) is 14.4. The topological polar surface area (TPSA) is 64.7 Å². The zero-order valence-corrected chi connectivity index (χ0v) is 16.3. The van der Waals surface area contributed by atoms with E-state index in [-0.39, 0.29) is 11.5 Å². The molecule has 0 bridgehead atoms. The number of anilines is 2. The smallest absolute Gasteiger partial charge is 0.313 e. The summed E-state index contributed by atoms with van der Waals surface area (Å²) in [7, 11) is 0. The lowest BCUT2D eigenvalue weighted by Crippen LogP contribution is -2.47. The molecular formula is C21H23F3N4O2. The Morgan fingerprint density at radius 3 is 2.20 bits per heavy atom. The number of piperazine rings is 1. The minimum absolute atomic E-state index is 0.254. The first-order valence-corrected chi connectivity index (χ1v) is 9.69. The SMILES string of the molecule is O=C(NCCCN1CCN(c2ccc(F)cc2)CC1)C(=O)Nc1ccc(F)cc1F. The summed E-state index contributed by atoms with van der Waals surface area (Å²) in [5.41, 5.74) is 0.738. The zero-order chi connectivity index (χ0) is 21.5. The van der Waals surface area contributed by atoms with E-state index in [1.165, 1.54) is 12.1 Å². The largest absolute Gasteiger partial charge is 0.369 e. The Labute approximate surface area is 172 Å². The molecule has 2 N–H and O–H groups in total. The van der Waals surface area contributed by atoms with Crippen LogP contribution in [0.4, 0.5) is 24.5 Å². The summed E-state index contributed by atoms with van der Waals surface area (Å²) in [5, 5.41) is 4.61. The molecule has 30 heavy (non-hydrogen) atoms. The van der Waals surface area contributed by atoms with Crippen molar-refractivity contribution >= 4 is 23.2 Å². The van der Waals surface area contributed by atoms with E-state index in [0.717, 1.165) is 50.5 Å². The molecule has 2 aromatic rings. The molecule has 0 atom stereocenters. The van der Waals surface area contributed by atoms with Crippen molar-refractivity contribution < 1.29 is 22.8 Å². The van der Waals surface area contributed by atoms with E-state index in [4.69, 9.17) is 0 Å². The molecule has 0 aliphatic carbocycles. The number of hydrogen-bond acceptors (Lipinski definition) is 4. The minimum Gasteiger partial charge on any atom is -0.369 e. The maximum atomic E-state index is 13.5. The molecule has 1 heterocycles. The van der Waals surface area contributed by atoms with Crippen molar-refractivity contribution in [3.63, 3.8) is 0 Å². The fourth-order valence-corrected chi connectivity index (χ4v) is 3.24. The van der Waals surface area contributed by atoms with E-state index in [2.05, 4.69) is 20.4 Å². The highest BCUT2D eigenvalue weighted by atomic mass is 19.1. The second-order valence-electron chi connectivity index (χ2n) is 6.99. The molecule has 0 radical (unpaired) electrons. The van der Waals surface area contributed by atoms with Crippen LogP contribution in [0.15, 0.2) is 42.5 Å². The first-order valence-electron chi connectivity index (χ1n) is 9.69. The number of benzene rings is 2. The maximum absolute atomic E-state index is 13.5. The fourth-order valence-electron chi connectivity index (χ4n) is 3.24. The van der Waals surface area contributed by atoms with Gasteiger partial charge in [-0.25, -0.2) is 13.2 Å². The van der Waals surface area contributed by atoms with Gasteiger partial charge in [0.2, 0.25) is 0 Å². The van der Waals surface area contributed by atoms with Crippen molar-refractivity contribution in [2.24, 2.45) is 0 Å². The van der Waals surface area contributed by atoms with Crippen LogP contribution >= 0.6 is 0 Å². The van der Waals surface area contributed by atoms with E-state index < -0.39 is 23.4 Å². The molecule has 1 saturated heterocycles. The number of nitrogens with one attached hydrogen (secondary N) is 2. The van der Waals surface area contributed by atoms with Crippen LogP contribution in [0.2, 0.25) is 0 Å². The van der Waals surface area contributed by atoms with Gasteiger partial charge in [-0.2, -0.15) is 0 Å². The molecule has 1 aliphatic rings. The van der Waals surface area contributed by atoms with Crippen LogP contribution in [0.25, 0.3) is 0 Å². The lowest BCUT2D eigenvalue weighted by molar-refractivity contribution is -0.136. The third-order valence-corrected chi connectivity index (χ3v) is 4.89. The van der Waals surface area contributed by atoms with Gasteiger partial charge < -0.3 is 15.5 Å². The highest BCUT2D eigenvalue weighted by Crippen LogP contribution is 2.17. The van der Waals surface area contributed by atoms with E-state index >= 15 is 0 Å². The summed E-state index contributed by atoms with van der Waals surface area (Å²) >= 11 is 0. The van der Waals surface area contributed by atoms with Gasteiger partial charge in [0.25, 0.3) is 0 Å². The summed E-state index contributed by atoms with van der Waals surface area (Å²) < 4.78 is 39.4. The van der Waals surface area contributed by atoms with Gasteiger partial charge in [-0.15, -0.1) is 0 Å². The maximum Gasteiger partial charge on any atom is 0.313 e. The minimum atomic E-state index is -1.01. The van der Waals surface area contributed by atoms with E-state index in [0.29, 0.717) is 19.0 Å². The van der Waals surface area contributed by atoms with E-state index in [1.807, 2.05) is 0 Å². The predicted octanol–water partition coefficient (Wildman–Crippen LogP) is 2.37. The van der Waals surface area contributed by atoms with Crippen molar-refractivity contribution in [3.05, 3.63) is 59.9 Å². The Balaban J connectivity index is 1.33. The molecule has 160 valence electrons. The van der Waals surface area contributed by atoms with Crippen LogP contribution in [-0.2, 0) is 9.59 Å². The normalized spacial score (nSPS) is 14.4. The molecule has 2 aromatic carbocycles. The molecule has 1 aliphatic heterocycles. The van der Waals surface area contributed by atoms with Crippen molar-refractivity contribution in [3.8, 4) is 0 Å². The number of nitrogens with zero attached hydrogens (tertiary/aromatic N) is 2. The van der Waals surface area contributed by atoms with Crippen LogP contribution < -0.4 is 15.5 Å². The predicted molar refractivity (Wildman–Crippen MR) is 108 cm³/mol. The summed E-state index contributed by atoms with van der Waals surface area (Å²) in [4.78, 5) is 28.1. The first kappa shape index (κ1) is 21.6. The fraction of sp³-hybridized carbons (Fsp3) is 0.333. The Bertz CT molecular complexity index is 884. The van der Waals surface area contributed by atoms with Gasteiger partial charge in [0, 0.05) is 44.5 Å². The number of amides is 2. The molecule has 3 rings (SSSR count). The Kier molecular flexibility index (Phi) is 7.29. The van der Waals surface area contributed by atoms with Crippen LogP contribution in [0.5, 0.6) is 0 Å². The van der Waals surface area contributed by atoms with Crippen LogP contribution in [-0.4, -0.2) is 56.0 Å². The van der Waals surface area contributed by atoms with Crippen LogP contribution in [0.1, 0.15) is 6.42 Å². The summed E-state index contributed by atoms with van der Waals surface area (Å²) in [5.74, 6) is -3.85.